The smallest absolute Gasteiger partial charge is 0.317 e. The van der Waals surface area contributed by atoms with Gasteiger partial charge in [-0.3, -0.25) is 0 Å². The normalized spacial score (nSPS) is 15.8. The molecule has 1 fully saturated rings. The zero-order chi connectivity index (χ0) is 18.6. The second-order valence-corrected chi connectivity index (χ2v) is 9.23. The molecule has 1 aromatic carbocycles. The van der Waals surface area contributed by atoms with Gasteiger partial charge in [-0.2, -0.15) is 4.31 Å². The Balaban J connectivity index is 1.52. The zero-order valence-electron chi connectivity index (χ0n) is 14.1. The van der Waals surface area contributed by atoms with Gasteiger partial charge in [0.1, 0.15) is 4.90 Å². The number of sulfonamides is 1. The van der Waals surface area contributed by atoms with Gasteiger partial charge in [0.25, 0.3) is 0 Å². The van der Waals surface area contributed by atoms with Crippen LogP contribution in [0.4, 0.5) is 4.79 Å². The monoisotopic (exact) mass is 413 g/mol. The van der Waals surface area contributed by atoms with Crippen LogP contribution in [-0.2, 0) is 16.4 Å². The predicted octanol–water partition coefficient (Wildman–Crippen LogP) is 2.66. The Morgan fingerprint density at radius 1 is 1.12 bits per heavy atom. The molecule has 0 radical (unpaired) electrons. The number of nitrogens with zero attached hydrogens (tertiary/aromatic N) is 2. The first-order chi connectivity index (χ1) is 12.5. The predicted molar refractivity (Wildman–Crippen MR) is 103 cm³/mol. The highest BCUT2D eigenvalue weighted by molar-refractivity contribution is 7.89. The summed E-state index contributed by atoms with van der Waals surface area (Å²) in [7, 11) is -3.64. The number of hydrogen-bond donors (Lipinski definition) is 1. The van der Waals surface area contributed by atoms with Crippen LogP contribution in [-0.4, -0.2) is 56.4 Å². The first-order valence-corrected chi connectivity index (χ1v) is 11.0. The molecule has 1 aromatic heterocycles. The van der Waals surface area contributed by atoms with Crippen LogP contribution in [0.2, 0.25) is 5.02 Å². The maximum absolute atomic E-state index is 12.7. The summed E-state index contributed by atoms with van der Waals surface area (Å²) < 4.78 is 26.8. The van der Waals surface area contributed by atoms with E-state index in [1.807, 2.05) is 17.5 Å². The van der Waals surface area contributed by atoms with Crippen LogP contribution < -0.4 is 5.32 Å². The summed E-state index contributed by atoms with van der Waals surface area (Å²) in [6, 6.07) is 10.3. The molecule has 140 valence electrons. The van der Waals surface area contributed by atoms with Gasteiger partial charge in [-0.05, 0) is 30.0 Å². The summed E-state index contributed by atoms with van der Waals surface area (Å²) in [6.07, 6.45) is 0.796. The molecule has 0 aliphatic carbocycles. The van der Waals surface area contributed by atoms with Crippen molar-refractivity contribution in [1.82, 2.24) is 14.5 Å². The van der Waals surface area contributed by atoms with E-state index in [0.29, 0.717) is 19.6 Å². The number of hydrogen-bond acceptors (Lipinski definition) is 4. The van der Waals surface area contributed by atoms with Gasteiger partial charge >= 0.3 is 6.03 Å². The lowest BCUT2D eigenvalue weighted by Crippen LogP contribution is -2.53. The number of carbonyl (C=O) groups is 1. The van der Waals surface area contributed by atoms with Crippen LogP contribution in [0.5, 0.6) is 0 Å². The molecule has 1 aliphatic heterocycles. The molecular formula is C17H20ClN3O3S2. The van der Waals surface area contributed by atoms with Crippen molar-refractivity contribution in [3.05, 3.63) is 51.7 Å². The number of carbonyl (C=O) groups excluding carboxylic acids is 1. The summed E-state index contributed by atoms with van der Waals surface area (Å²) in [5, 5.41) is 5.11. The molecule has 3 rings (SSSR count). The van der Waals surface area contributed by atoms with Crippen LogP contribution in [0.15, 0.2) is 46.7 Å². The van der Waals surface area contributed by atoms with E-state index in [0.717, 1.165) is 6.42 Å². The van der Waals surface area contributed by atoms with E-state index in [2.05, 4.69) is 5.32 Å². The first kappa shape index (κ1) is 19.2. The largest absolute Gasteiger partial charge is 0.338 e. The van der Waals surface area contributed by atoms with Crippen LogP contribution in [0, 0.1) is 0 Å². The fraction of sp³-hybridized carbons (Fsp3) is 0.353. The van der Waals surface area contributed by atoms with Gasteiger partial charge in [-0.25, -0.2) is 13.2 Å². The maximum atomic E-state index is 12.7. The highest BCUT2D eigenvalue weighted by atomic mass is 35.5. The van der Waals surface area contributed by atoms with E-state index in [9.17, 15) is 13.2 Å². The fourth-order valence-electron chi connectivity index (χ4n) is 2.78. The Kier molecular flexibility index (Phi) is 6.18. The summed E-state index contributed by atoms with van der Waals surface area (Å²) >= 11 is 7.69. The molecule has 9 heteroatoms. The zero-order valence-corrected chi connectivity index (χ0v) is 16.5. The van der Waals surface area contributed by atoms with Crippen LogP contribution in [0.1, 0.15) is 4.88 Å². The molecule has 0 bridgehead atoms. The summed E-state index contributed by atoms with van der Waals surface area (Å²) in [5.41, 5.74) is 0. The van der Waals surface area contributed by atoms with Gasteiger partial charge < -0.3 is 10.2 Å². The van der Waals surface area contributed by atoms with Crippen molar-refractivity contribution in [1.29, 1.82) is 0 Å². The lowest BCUT2D eigenvalue weighted by Gasteiger charge is -2.34. The third-order valence-electron chi connectivity index (χ3n) is 4.21. The number of urea groups is 1. The fourth-order valence-corrected chi connectivity index (χ4v) is 5.41. The van der Waals surface area contributed by atoms with Gasteiger partial charge in [-0.15, -0.1) is 11.3 Å². The third-order valence-corrected chi connectivity index (χ3v) is 7.54. The Hall–Kier alpha value is -1.61. The molecule has 6 nitrogen and oxygen atoms in total. The molecule has 1 saturated heterocycles. The minimum absolute atomic E-state index is 0.107. The third kappa shape index (κ3) is 4.37. The molecule has 0 spiro atoms. The second-order valence-electron chi connectivity index (χ2n) is 5.88. The maximum Gasteiger partial charge on any atom is 0.317 e. The van der Waals surface area contributed by atoms with Crippen molar-refractivity contribution in [2.45, 2.75) is 11.3 Å². The highest BCUT2D eigenvalue weighted by Gasteiger charge is 2.31. The molecule has 2 heterocycles. The Morgan fingerprint density at radius 3 is 2.50 bits per heavy atom. The van der Waals surface area contributed by atoms with E-state index in [-0.39, 0.29) is 29.0 Å². The standard InChI is InChI=1S/C17H20ClN3O3S2/c18-15-5-1-2-6-16(15)26(23,24)21-11-9-20(10-12-21)17(22)19-8-7-14-4-3-13-25-14/h1-6,13H,7-12H2,(H,19,22). The molecule has 1 aliphatic rings. The summed E-state index contributed by atoms with van der Waals surface area (Å²) in [5.74, 6) is 0. The molecule has 0 unspecified atom stereocenters. The van der Waals surface area contributed by atoms with Crippen molar-refractivity contribution >= 4 is 39.0 Å². The molecule has 0 atom stereocenters. The Bertz CT molecular complexity index is 848. The van der Waals surface area contributed by atoms with E-state index in [1.165, 1.54) is 15.2 Å². The van der Waals surface area contributed by atoms with Crippen molar-refractivity contribution in [2.75, 3.05) is 32.7 Å². The number of piperazine rings is 1. The number of nitrogens with one attached hydrogen (secondary N) is 1. The van der Waals surface area contributed by atoms with Crippen LogP contribution in [0.3, 0.4) is 0 Å². The molecule has 1 N–H and O–H groups in total. The van der Waals surface area contributed by atoms with Crippen molar-refractivity contribution < 1.29 is 13.2 Å². The summed E-state index contributed by atoms with van der Waals surface area (Å²) in [6.45, 7) is 1.79. The number of amides is 2. The minimum atomic E-state index is -3.64. The van der Waals surface area contributed by atoms with Gasteiger partial charge in [0.05, 0.1) is 5.02 Å². The van der Waals surface area contributed by atoms with Crippen molar-refractivity contribution in [3.63, 3.8) is 0 Å². The number of halogens is 1. The quantitative estimate of drug-likeness (QED) is 0.819. The van der Waals surface area contributed by atoms with E-state index in [1.54, 1.807) is 34.4 Å². The van der Waals surface area contributed by atoms with Crippen molar-refractivity contribution in [2.24, 2.45) is 0 Å². The van der Waals surface area contributed by atoms with Crippen LogP contribution in [0.25, 0.3) is 0 Å². The van der Waals surface area contributed by atoms with Gasteiger partial charge in [0.2, 0.25) is 10.0 Å². The minimum Gasteiger partial charge on any atom is -0.338 e. The molecule has 26 heavy (non-hydrogen) atoms. The van der Waals surface area contributed by atoms with Crippen molar-refractivity contribution in [3.8, 4) is 0 Å². The second kappa shape index (κ2) is 8.39. The average molecular weight is 414 g/mol. The number of rotatable bonds is 5. The SMILES string of the molecule is O=C(NCCc1cccs1)N1CCN(S(=O)(=O)c2ccccc2Cl)CC1. The number of thiophene rings is 1. The van der Waals surface area contributed by atoms with E-state index >= 15 is 0 Å². The van der Waals surface area contributed by atoms with Gasteiger partial charge in [0.15, 0.2) is 0 Å². The summed E-state index contributed by atoms with van der Waals surface area (Å²) in [4.78, 5) is 15.2. The van der Waals surface area contributed by atoms with E-state index in [4.69, 9.17) is 11.6 Å². The van der Waals surface area contributed by atoms with Gasteiger partial charge in [-0.1, -0.05) is 29.8 Å². The Morgan fingerprint density at radius 2 is 1.85 bits per heavy atom. The topological polar surface area (TPSA) is 69.7 Å². The molecule has 2 amide bonds. The van der Waals surface area contributed by atoms with Gasteiger partial charge in [0, 0.05) is 37.6 Å². The number of benzene rings is 1. The Labute approximate surface area is 162 Å². The molecule has 0 saturated carbocycles. The highest BCUT2D eigenvalue weighted by Crippen LogP contribution is 2.25. The molecular weight excluding hydrogens is 394 g/mol. The lowest BCUT2D eigenvalue weighted by molar-refractivity contribution is 0.172. The average Bonchev–Trinajstić information content (AvgIpc) is 3.15. The molecule has 2 aromatic rings. The lowest BCUT2D eigenvalue weighted by atomic mass is 10.3. The van der Waals surface area contributed by atoms with E-state index < -0.39 is 10.0 Å². The first-order valence-electron chi connectivity index (χ1n) is 8.28. The van der Waals surface area contributed by atoms with Crippen LogP contribution >= 0.6 is 22.9 Å².